The summed E-state index contributed by atoms with van der Waals surface area (Å²) in [5.41, 5.74) is 0. The quantitative estimate of drug-likeness (QED) is 0.0265. The molecule has 328 valence electrons. The molecule has 0 aliphatic heterocycles. The number of ether oxygens (including phenoxy) is 3. The van der Waals surface area contributed by atoms with Crippen molar-refractivity contribution >= 4 is 17.9 Å². The van der Waals surface area contributed by atoms with Gasteiger partial charge < -0.3 is 14.2 Å². The van der Waals surface area contributed by atoms with Crippen molar-refractivity contribution in [2.75, 3.05) is 13.2 Å². The number of carbonyl (C=O) groups excluding carboxylic acids is 3. The summed E-state index contributed by atoms with van der Waals surface area (Å²) in [6, 6.07) is 0. The lowest BCUT2D eigenvalue weighted by molar-refractivity contribution is -0.167. The van der Waals surface area contributed by atoms with Crippen LogP contribution in [0.3, 0.4) is 0 Å². The van der Waals surface area contributed by atoms with Crippen LogP contribution in [-0.2, 0) is 28.6 Å². The maximum absolute atomic E-state index is 12.7. The summed E-state index contributed by atoms with van der Waals surface area (Å²) in [7, 11) is 0. The summed E-state index contributed by atoms with van der Waals surface area (Å²) in [5, 5.41) is 0. The van der Waals surface area contributed by atoms with Crippen molar-refractivity contribution in [3.8, 4) is 0 Å². The van der Waals surface area contributed by atoms with Crippen LogP contribution in [-0.4, -0.2) is 37.2 Å². The highest BCUT2D eigenvalue weighted by Gasteiger charge is 2.19. The fourth-order valence-electron chi connectivity index (χ4n) is 7.00. The number of hydrogen-bond donors (Lipinski definition) is 0. The van der Waals surface area contributed by atoms with Crippen LogP contribution in [0.4, 0.5) is 0 Å². The molecule has 0 heterocycles. The molecule has 0 radical (unpaired) electrons. The maximum atomic E-state index is 12.7. The summed E-state index contributed by atoms with van der Waals surface area (Å²) in [6.07, 6.45) is 50.4. The highest BCUT2D eigenvalue weighted by atomic mass is 16.6. The van der Waals surface area contributed by atoms with Gasteiger partial charge in [0, 0.05) is 19.3 Å². The zero-order valence-electron chi connectivity index (χ0n) is 37.4. The third-order valence-electron chi connectivity index (χ3n) is 10.7. The molecule has 0 spiro atoms. The van der Waals surface area contributed by atoms with E-state index in [0.717, 1.165) is 83.5 Å². The molecule has 0 fully saturated rings. The Bertz CT molecular complexity index is 911. The number of allylic oxidation sites excluding steroid dienone is 4. The van der Waals surface area contributed by atoms with Gasteiger partial charge in [-0.15, -0.1) is 0 Å². The second kappa shape index (κ2) is 45.6. The molecule has 6 nitrogen and oxygen atoms in total. The van der Waals surface area contributed by atoms with Gasteiger partial charge in [0.1, 0.15) is 13.2 Å². The van der Waals surface area contributed by atoms with Crippen molar-refractivity contribution in [2.24, 2.45) is 0 Å². The number of unbranched alkanes of at least 4 members (excludes halogenated alkanes) is 29. The molecule has 0 rings (SSSR count). The molecule has 0 N–H and O–H groups in total. The van der Waals surface area contributed by atoms with Gasteiger partial charge in [0.15, 0.2) is 6.10 Å². The molecule has 0 aromatic heterocycles. The van der Waals surface area contributed by atoms with Crippen LogP contribution in [0.2, 0.25) is 0 Å². The maximum Gasteiger partial charge on any atom is 0.306 e. The summed E-state index contributed by atoms with van der Waals surface area (Å²) < 4.78 is 16.7. The molecule has 0 bridgehead atoms. The Morgan fingerprint density at radius 2 is 0.643 bits per heavy atom. The van der Waals surface area contributed by atoms with E-state index in [1.807, 2.05) is 0 Å². The van der Waals surface area contributed by atoms with Gasteiger partial charge in [-0.05, 0) is 51.4 Å². The lowest BCUT2D eigenvalue weighted by Crippen LogP contribution is -2.30. The van der Waals surface area contributed by atoms with Crippen molar-refractivity contribution in [2.45, 2.75) is 264 Å². The van der Waals surface area contributed by atoms with Gasteiger partial charge in [-0.2, -0.15) is 0 Å². The number of esters is 3. The molecular weight excluding hydrogens is 697 g/mol. The molecule has 0 saturated carbocycles. The smallest absolute Gasteiger partial charge is 0.306 e. The third-order valence-corrected chi connectivity index (χ3v) is 10.7. The molecule has 0 amide bonds. The molecule has 1 atom stereocenters. The van der Waals surface area contributed by atoms with E-state index >= 15 is 0 Å². The molecule has 0 aromatic rings. The van der Waals surface area contributed by atoms with E-state index in [9.17, 15) is 14.4 Å². The highest BCUT2D eigenvalue weighted by Crippen LogP contribution is 2.15. The Labute approximate surface area is 347 Å². The summed E-state index contributed by atoms with van der Waals surface area (Å²) >= 11 is 0. The summed E-state index contributed by atoms with van der Waals surface area (Å²) in [5.74, 6) is -0.888. The Morgan fingerprint density at radius 1 is 0.357 bits per heavy atom. The van der Waals surface area contributed by atoms with Gasteiger partial charge in [-0.3, -0.25) is 14.4 Å². The lowest BCUT2D eigenvalue weighted by Gasteiger charge is -2.18. The standard InChI is InChI=1S/C50H92O6/c1-4-7-10-13-16-18-20-22-24-25-27-28-30-32-34-37-40-43-49(52)55-46-47(45-54-48(51)42-39-36-15-12-9-6-3)56-50(53)44-41-38-35-33-31-29-26-23-21-19-17-14-11-8-5-2/h17,19,23,26,47H,4-16,18,20-22,24-25,27-46H2,1-3H3/b19-17-,26-23-. The van der Waals surface area contributed by atoms with Crippen molar-refractivity contribution in [3.63, 3.8) is 0 Å². The van der Waals surface area contributed by atoms with Crippen molar-refractivity contribution in [1.29, 1.82) is 0 Å². The van der Waals surface area contributed by atoms with Gasteiger partial charge in [-0.25, -0.2) is 0 Å². The Morgan fingerprint density at radius 3 is 1.02 bits per heavy atom. The van der Waals surface area contributed by atoms with Gasteiger partial charge in [-0.1, -0.05) is 212 Å². The predicted molar refractivity (Wildman–Crippen MR) is 238 cm³/mol. The first-order chi connectivity index (χ1) is 27.5. The van der Waals surface area contributed by atoms with Crippen molar-refractivity contribution in [1.82, 2.24) is 0 Å². The monoisotopic (exact) mass is 789 g/mol. The van der Waals surface area contributed by atoms with Crippen molar-refractivity contribution < 1.29 is 28.6 Å². The lowest BCUT2D eigenvalue weighted by atomic mass is 10.0. The molecule has 1 unspecified atom stereocenters. The van der Waals surface area contributed by atoms with Crippen LogP contribution in [0, 0.1) is 0 Å². The van der Waals surface area contributed by atoms with Crippen LogP contribution in [0.1, 0.15) is 258 Å². The van der Waals surface area contributed by atoms with Crippen LogP contribution in [0.25, 0.3) is 0 Å². The summed E-state index contributed by atoms with van der Waals surface area (Å²) in [4.78, 5) is 37.6. The van der Waals surface area contributed by atoms with Crippen LogP contribution in [0.5, 0.6) is 0 Å². The van der Waals surface area contributed by atoms with E-state index in [4.69, 9.17) is 14.2 Å². The minimum absolute atomic E-state index is 0.0734. The third kappa shape index (κ3) is 43.0. The average Bonchev–Trinajstić information content (AvgIpc) is 3.19. The van der Waals surface area contributed by atoms with E-state index in [0.29, 0.717) is 19.3 Å². The molecule has 0 aromatic carbocycles. The molecule has 56 heavy (non-hydrogen) atoms. The Hall–Kier alpha value is -2.11. The first kappa shape index (κ1) is 53.9. The largest absolute Gasteiger partial charge is 0.462 e. The van der Waals surface area contributed by atoms with E-state index in [1.54, 1.807) is 0 Å². The Balaban J connectivity index is 4.22. The normalized spacial score (nSPS) is 12.1. The highest BCUT2D eigenvalue weighted by molar-refractivity contribution is 5.71. The first-order valence-electron chi connectivity index (χ1n) is 24.3. The van der Waals surface area contributed by atoms with Gasteiger partial charge in [0.25, 0.3) is 0 Å². The van der Waals surface area contributed by atoms with Gasteiger partial charge in [0.2, 0.25) is 0 Å². The zero-order valence-corrected chi connectivity index (χ0v) is 37.4. The van der Waals surface area contributed by atoms with E-state index in [1.165, 1.54) is 135 Å². The molecule has 0 aliphatic rings. The van der Waals surface area contributed by atoms with Crippen molar-refractivity contribution in [3.05, 3.63) is 24.3 Å². The number of carbonyl (C=O) groups is 3. The topological polar surface area (TPSA) is 78.9 Å². The second-order valence-corrected chi connectivity index (χ2v) is 16.4. The zero-order chi connectivity index (χ0) is 40.8. The Kier molecular flexibility index (Phi) is 43.9. The number of hydrogen-bond acceptors (Lipinski definition) is 6. The predicted octanol–water partition coefficient (Wildman–Crippen LogP) is 15.6. The fourth-order valence-corrected chi connectivity index (χ4v) is 7.00. The van der Waals surface area contributed by atoms with Crippen LogP contribution in [0.15, 0.2) is 24.3 Å². The average molecular weight is 789 g/mol. The van der Waals surface area contributed by atoms with E-state index in [2.05, 4.69) is 45.1 Å². The first-order valence-corrected chi connectivity index (χ1v) is 24.3. The van der Waals surface area contributed by atoms with Crippen LogP contribution >= 0.6 is 0 Å². The number of rotatable bonds is 44. The molecule has 0 saturated heterocycles. The minimum Gasteiger partial charge on any atom is -0.462 e. The molecule has 6 heteroatoms. The van der Waals surface area contributed by atoms with Gasteiger partial charge in [0.05, 0.1) is 0 Å². The van der Waals surface area contributed by atoms with E-state index < -0.39 is 6.10 Å². The van der Waals surface area contributed by atoms with Gasteiger partial charge >= 0.3 is 17.9 Å². The fraction of sp³-hybridized carbons (Fsp3) is 0.860. The second-order valence-electron chi connectivity index (χ2n) is 16.4. The van der Waals surface area contributed by atoms with Crippen LogP contribution < -0.4 is 0 Å². The minimum atomic E-state index is -0.770. The molecule has 0 aliphatic carbocycles. The summed E-state index contributed by atoms with van der Waals surface area (Å²) in [6.45, 7) is 6.56. The van der Waals surface area contributed by atoms with E-state index in [-0.39, 0.29) is 31.1 Å². The molecular formula is C50H92O6. The SMILES string of the molecule is CCCCC/C=C\C/C=C\CCCCCCCC(=O)OC(COC(=O)CCCCCCCC)COC(=O)CCCCCCCCCCCCCCCCCCC.